The molecule has 0 radical (unpaired) electrons. The molecule has 0 bridgehead atoms. The lowest BCUT2D eigenvalue weighted by atomic mass is 9.98. The summed E-state index contributed by atoms with van der Waals surface area (Å²) in [6, 6.07) is 3.27. The quantitative estimate of drug-likeness (QED) is 0.634. The van der Waals surface area contributed by atoms with Crippen LogP contribution in [-0.4, -0.2) is 16.1 Å². The second-order valence-electron chi connectivity index (χ2n) is 4.05. The van der Waals surface area contributed by atoms with E-state index in [-0.39, 0.29) is 23.6 Å². The molecule has 1 unspecified atom stereocenters. The molecule has 5 heteroatoms. The number of hydrogen-bond acceptors (Lipinski definition) is 3. The van der Waals surface area contributed by atoms with Crippen LogP contribution in [0.3, 0.4) is 0 Å². The third-order valence-corrected chi connectivity index (χ3v) is 2.44. The molecule has 0 aliphatic heterocycles. The zero-order chi connectivity index (χ0) is 12.3. The number of benzene rings is 1. The van der Waals surface area contributed by atoms with E-state index < -0.39 is 16.8 Å². The van der Waals surface area contributed by atoms with Crippen LogP contribution in [0.1, 0.15) is 19.4 Å². The maximum absolute atomic E-state index is 13.0. The third kappa shape index (κ3) is 3.00. The van der Waals surface area contributed by atoms with Crippen LogP contribution in [0.2, 0.25) is 0 Å². The van der Waals surface area contributed by atoms with Crippen LogP contribution >= 0.6 is 0 Å². The van der Waals surface area contributed by atoms with Crippen molar-refractivity contribution in [3.63, 3.8) is 0 Å². The van der Waals surface area contributed by atoms with Crippen LogP contribution in [0.5, 0.6) is 0 Å². The average molecular weight is 227 g/mol. The van der Waals surface area contributed by atoms with Gasteiger partial charge in [-0.05, 0) is 18.1 Å². The highest BCUT2D eigenvalue weighted by molar-refractivity contribution is 5.40. The van der Waals surface area contributed by atoms with Crippen LogP contribution in [0.15, 0.2) is 18.2 Å². The summed E-state index contributed by atoms with van der Waals surface area (Å²) >= 11 is 0. The van der Waals surface area contributed by atoms with Crippen molar-refractivity contribution in [2.75, 3.05) is 0 Å². The Morgan fingerprint density at radius 1 is 1.50 bits per heavy atom. The highest BCUT2D eigenvalue weighted by Gasteiger charge is 2.19. The molecule has 1 aromatic rings. The monoisotopic (exact) mass is 227 g/mol. The van der Waals surface area contributed by atoms with Crippen molar-refractivity contribution in [2.45, 2.75) is 26.4 Å². The highest BCUT2D eigenvalue weighted by Crippen LogP contribution is 2.22. The topological polar surface area (TPSA) is 63.4 Å². The molecule has 88 valence electrons. The Morgan fingerprint density at radius 2 is 2.12 bits per heavy atom. The average Bonchev–Trinajstić information content (AvgIpc) is 2.16. The Morgan fingerprint density at radius 3 is 2.62 bits per heavy atom. The Hall–Kier alpha value is -1.49. The minimum atomic E-state index is -0.708. The zero-order valence-electron chi connectivity index (χ0n) is 9.18. The van der Waals surface area contributed by atoms with E-state index in [4.69, 9.17) is 0 Å². The van der Waals surface area contributed by atoms with Gasteiger partial charge < -0.3 is 5.11 Å². The normalized spacial score (nSPS) is 12.8. The molecule has 0 spiro atoms. The summed E-state index contributed by atoms with van der Waals surface area (Å²) < 4.78 is 13.0. The van der Waals surface area contributed by atoms with Gasteiger partial charge in [0.15, 0.2) is 0 Å². The zero-order valence-corrected chi connectivity index (χ0v) is 9.18. The van der Waals surface area contributed by atoms with Crippen LogP contribution in [0.4, 0.5) is 10.1 Å². The van der Waals surface area contributed by atoms with E-state index in [0.29, 0.717) is 0 Å². The maximum atomic E-state index is 13.0. The summed E-state index contributed by atoms with van der Waals surface area (Å²) in [6.07, 6.45) is -0.619. The summed E-state index contributed by atoms with van der Waals surface area (Å²) in [5.41, 5.74) is 0.0762. The van der Waals surface area contributed by atoms with Gasteiger partial charge in [-0.1, -0.05) is 13.8 Å². The summed E-state index contributed by atoms with van der Waals surface area (Å²) in [4.78, 5) is 10.1. The first-order valence-electron chi connectivity index (χ1n) is 5.02. The fraction of sp³-hybridized carbons (Fsp3) is 0.455. The number of halogens is 1. The molecular formula is C11H14FNO3. The second-order valence-corrected chi connectivity index (χ2v) is 4.05. The van der Waals surface area contributed by atoms with Crippen molar-refractivity contribution in [3.8, 4) is 0 Å². The number of aliphatic hydroxyl groups is 1. The van der Waals surface area contributed by atoms with E-state index in [1.807, 2.05) is 0 Å². The first kappa shape index (κ1) is 12.6. The van der Waals surface area contributed by atoms with E-state index in [9.17, 15) is 19.6 Å². The molecule has 1 rings (SSSR count). The van der Waals surface area contributed by atoms with Gasteiger partial charge in [-0.3, -0.25) is 10.1 Å². The summed E-state index contributed by atoms with van der Waals surface area (Å²) in [5.74, 6) is -0.556. The van der Waals surface area contributed by atoms with Crippen molar-refractivity contribution in [1.82, 2.24) is 0 Å². The van der Waals surface area contributed by atoms with E-state index >= 15 is 0 Å². The van der Waals surface area contributed by atoms with E-state index in [2.05, 4.69) is 0 Å². The minimum absolute atomic E-state index is 0.0251. The predicted molar refractivity (Wildman–Crippen MR) is 57.6 cm³/mol. The second kappa shape index (κ2) is 5.03. The Labute approximate surface area is 92.9 Å². The molecule has 0 amide bonds. The third-order valence-electron chi connectivity index (χ3n) is 2.44. The van der Waals surface area contributed by atoms with Crippen LogP contribution in [0.25, 0.3) is 0 Å². The van der Waals surface area contributed by atoms with E-state index in [1.54, 1.807) is 13.8 Å². The molecule has 1 atom stereocenters. The first-order chi connectivity index (χ1) is 7.41. The standard InChI is InChI=1S/C11H14FNO3/c1-7(2)11(14)6-8-5-9(12)3-4-10(8)13(15)16/h3-5,7,11,14H,6H2,1-2H3. The predicted octanol–water partition coefficient (Wildman–Crippen LogP) is 2.29. The number of hydrogen-bond donors (Lipinski definition) is 1. The summed E-state index contributed by atoms with van der Waals surface area (Å²) in [7, 11) is 0. The number of aliphatic hydroxyl groups excluding tert-OH is 1. The van der Waals surface area contributed by atoms with E-state index in [0.717, 1.165) is 18.2 Å². The molecule has 0 saturated carbocycles. The Balaban J connectivity index is 3.01. The number of rotatable bonds is 4. The molecule has 1 N–H and O–H groups in total. The Kier molecular flexibility index (Phi) is 3.95. The molecule has 4 nitrogen and oxygen atoms in total. The lowest BCUT2D eigenvalue weighted by Crippen LogP contribution is -2.18. The highest BCUT2D eigenvalue weighted by atomic mass is 19.1. The number of nitro benzene ring substituents is 1. The molecule has 1 aromatic carbocycles. The van der Waals surface area contributed by atoms with Gasteiger partial charge in [0.1, 0.15) is 5.82 Å². The van der Waals surface area contributed by atoms with Gasteiger partial charge in [0.05, 0.1) is 11.0 Å². The van der Waals surface area contributed by atoms with Crippen molar-refractivity contribution < 1.29 is 14.4 Å². The van der Waals surface area contributed by atoms with Crippen LogP contribution < -0.4 is 0 Å². The molecule has 0 aliphatic carbocycles. The minimum Gasteiger partial charge on any atom is -0.393 e. The SMILES string of the molecule is CC(C)C(O)Cc1cc(F)ccc1[N+](=O)[O-]. The molecule has 0 aromatic heterocycles. The van der Waals surface area contributed by atoms with Crippen molar-refractivity contribution >= 4 is 5.69 Å². The number of nitro groups is 1. The maximum Gasteiger partial charge on any atom is 0.272 e. The smallest absolute Gasteiger partial charge is 0.272 e. The van der Waals surface area contributed by atoms with Gasteiger partial charge in [0.25, 0.3) is 5.69 Å². The molecular weight excluding hydrogens is 213 g/mol. The summed E-state index contributed by atoms with van der Waals surface area (Å²) in [6.45, 7) is 3.60. The number of nitrogens with zero attached hydrogens (tertiary/aromatic N) is 1. The van der Waals surface area contributed by atoms with Crippen LogP contribution in [-0.2, 0) is 6.42 Å². The van der Waals surface area contributed by atoms with Gasteiger partial charge in [-0.25, -0.2) is 4.39 Å². The molecule has 0 heterocycles. The fourth-order valence-corrected chi connectivity index (χ4v) is 1.36. The Bertz CT molecular complexity index is 393. The van der Waals surface area contributed by atoms with Gasteiger partial charge in [-0.15, -0.1) is 0 Å². The fourth-order valence-electron chi connectivity index (χ4n) is 1.36. The van der Waals surface area contributed by atoms with Crippen molar-refractivity contribution in [3.05, 3.63) is 39.7 Å². The first-order valence-corrected chi connectivity index (χ1v) is 5.02. The van der Waals surface area contributed by atoms with E-state index in [1.165, 1.54) is 0 Å². The largest absolute Gasteiger partial charge is 0.393 e. The summed E-state index contributed by atoms with van der Waals surface area (Å²) in [5, 5.41) is 20.3. The van der Waals surface area contributed by atoms with Gasteiger partial charge >= 0.3 is 0 Å². The van der Waals surface area contributed by atoms with Gasteiger partial charge in [0, 0.05) is 18.1 Å². The molecule has 0 saturated heterocycles. The van der Waals surface area contributed by atoms with Crippen molar-refractivity contribution in [2.24, 2.45) is 5.92 Å². The van der Waals surface area contributed by atoms with Crippen molar-refractivity contribution in [1.29, 1.82) is 0 Å². The lowest BCUT2D eigenvalue weighted by Gasteiger charge is -2.14. The van der Waals surface area contributed by atoms with Crippen LogP contribution in [0, 0.1) is 21.8 Å². The van der Waals surface area contributed by atoms with Gasteiger partial charge in [0.2, 0.25) is 0 Å². The molecule has 0 fully saturated rings. The molecule has 16 heavy (non-hydrogen) atoms. The lowest BCUT2D eigenvalue weighted by molar-refractivity contribution is -0.385. The van der Waals surface area contributed by atoms with Gasteiger partial charge in [-0.2, -0.15) is 0 Å². The molecule has 0 aliphatic rings.